The van der Waals surface area contributed by atoms with Crippen LogP contribution in [0.1, 0.15) is 33.6 Å². The Kier molecular flexibility index (Phi) is 3.95. The predicted molar refractivity (Wildman–Crippen MR) is 72.7 cm³/mol. The number of rotatable bonds is 2. The molecule has 2 amide bonds. The third-order valence-corrected chi connectivity index (χ3v) is 4.01. The quantitative estimate of drug-likeness (QED) is 0.723. The zero-order valence-corrected chi connectivity index (χ0v) is 12.9. The van der Waals surface area contributed by atoms with Crippen molar-refractivity contribution in [1.29, 1.82) is 0 Å². The number of hydrogen-bond donors (Lipinski definition) is 0. The van der Waals surface area contributed by atoms with Crippen LogP contribution in [0.3, 0.4) is 0 Å². The van der Waals surface area contributed by atoms with E-state index in [1.165, 1.54) is 12.2 Å². The maximum Gasteiger partial charge on any atom is 0.410 e. The third kappa shape index (κ3) is 2.90. The normalized spacial score (nSPS) is 28.6. The average molecular weight is 284 g/mol. The molecule has 2 aliphatic rings. The van der Waals surface area contributed by atoms with Crippen LogP contribution in [0.25, 0.3) is 0 Å². The average Bonchev–Trinajstić information content (AvgIpc) is 2.94. The van der Waals surface area contributed by atoms with E-state index >= 15 is 0 Å². The number of piperidine rings is 1. The minimum Gasteiger partial charge on any atom is -0.444 e. The zero-order valence-electron chi connectivity index (χ0n) is 12.9. The number of nitrogens with zero attached hydrogens (tertiary/aromatic N) is 2. The highest BCUT2D eigenvalue weighted by molar-refractivity contribution is 5.80. The van der Waals surface area contributed by atoms with E-state index in [-0.39, 0.29) is 24.0 Å². The van der Waals surface area contributed by atoms with Crippen LogP contribution in [-0.4, -0.2) is 54.3 Å². The Morgan fingerprint density at radius 3 is 2.40 bits per heavy atom. The monoisotopic (exact) mass is 284 g/mol. The third-order valence-electron chi connectivity index (χ3n) is 4.01. The molecule has 1 saturated heterocycles. The van der Waals surface area contributed by atoms with E-state index in [2.05, 4.69) is 0 Å². The Morgan fingerprint density at radius 1 is 1.25 bits per heavy atom. The smallest absolute Gasteiger partial charge is 0.410 e. The lowest BCUT2D eigenvalue weighted by molar-refractivity contribution is -0.175. The molecule has 6 nitrogen and oxygen atoms in total. The van der Waals surface area contributed by atoms with Crippen LogP contribution >= 0.6 is 0 Å². The van der Waals surface area contributed by atoms with Crippen molar-refractivity contribution in [1.82, 2.24) is 9.96 Å². The van der Waals surface area contributed by atoms with E-state index < -0.39 is 5.60 Å². The van der Waals surface area contributed by atoms with Crippen molar-refractivity contribution in [2.45, 2.75) is 45.3 Å². The standard InChI is InChI=1S/C14H24N2O4/c1-14(2,3)20-13(18)16-8-9-6-10(11(16)7-9)12(17)15(4)19-5/h9-11H,6-8H2,1-5H3. The van der Waals surface area contributed by atoms with Crippen LogP contribution in [0.2, 0.25) is 0 Å². The second-order valence-electron chi connectivity index (χ2n) is 6.66. The van der Waals surface area contributed by atoms with E-state index in [9.17, 15) is 9.59 Å². The first kappa shape index (κ1) is 15.1. The Labute approximate surface area is 119 Å². The molecule has 0 radical (unpaired) electrons. The fourth-order valence-electron chi connectivity index (χ4n) is 3.14. The van der Waals surface area contributed by atoms with Gasteiger partial charge in [-0.25, -0.2) is 9.86 Å². The topological polar surface area (TPSA) is 59.1 Å². The molecule has 0 aromatic carbocycles. The molecule has 1 heterocycles. The molecule has 0 aromatic rings. The summed E-state index contributed by atoms with van der Waals surface area (Å²) in [6.45, 7) is 6.24. The van der Waals surface area contributed by atoms with Gasteiger partial charge in [0.25, 0.3) is 5.91 Å². The molecule has 0 N–H and O–H groups in total. The van der Waals surface area contributed by atoms with Crippen molar-refractivity contribution in [3.05, 3.63) is 0 Å². The van der Waals surface area contributed by atoms with Gasteiger partial charge in [-0.1, -0.05) is 0 Å². The molecule has 3 unspecified atom stereocenters. The van der Waals surface area contributed by atoms with E-state index in [1.807, 2.05) is 20.8 Å². The van der Waals surface area contributed by atoms with Gasteiger partial charge in [0.1, 0.15) is 5.60 Å². The van der Waals surface area contributed by atoms with Crippen molar-refractivity contribution in [3.63, 3.8) is 0 Å². The summed E-state index contributed by atoms with van der Waals surface area (Å²) in [5.74, 6) is 0.159. The van der Waals surface area contributed by atoms with E-state index in [0.717, 1.165) is 12.8 Å². The highest BCUT2D eigenvalue weighted by Crippen LogP contribution is 2.43. The Morgan fingerprint density at radius 2 is 1.90 bits per heavy atom. The zero-order chi connectivity index (χ0) is 15.1. The first-order valence-corrected chi connectivity index (χ1v) is 7.04. The van der Waals surface area contributed by atoms with Crippen LogP contribution in [0, 0.1) is 11.8 Å². The van der Waals surface area contributed by atoms with Gasteiger partial charge in [0.2, 0.25) is 0 Å². The van der Waals surface area contributed by atoms with Crippen molar-refractivity contribution in [2.75, 3.05) is 20.7 Å². The molecule has 2 fully saturated rings. The van der Waals surface area contributed by atoms with Gasteiger partial charge in [-0.15, -0.1) is 0 Å². The minimum atomic E-state index is -0.512. The molecule has 6 heteroatoms. The summed E-state index contributed by atoms with van der Waals surface area (Å²) >= 11 is 0. The van der Waals surface area contributed by atoms with Crippen molar-refractivity contribution in [3.8, 4) is 0 Å². The summed E-state index contributed by atoms with van der Waals surface area (Å²) in [6, 6.07) is -0.0556. The van der Waals surface area contributed by atoms with Crippen molar-refractivity contribution >= 4 is 12.0 Å². The molecule has 114 valence electrons. The molecule has 3 atom stereocenters. The summed E-state index contributed by atoms with van der Waals surface area (Å²) < 4.78 is 5.42. The second kappa shape index (κ2) is 5.24. The van der Waals surface area contributed by atoms with Crippen LogP contribution in [0.15, 0.2) is 0 Å². The summed E-state index contributed by atoms with van der Waals surface area (Å²) in [7, 11) is 3.07. The number of carbonyl (C=O) groups excluding carboxylic acids is 2. The van der Waals surface area contributed by atoms with Crippen molar-refractivity contribution in [2.24, 2.45) is 11.8 Å². The highest BCUT2D eigenvalue weighted by atomic mass is 16.7. The fourth-order valence-corrected chi connectivity index (χ4v) is 3.14. The van der Waals surface area contributed by atoms with Gasteiger partial charge in [-0.3, -0.25) is 9.63 Å². The Hall–Kier alpha value is -1.30. The first-order chi connectivity index (χ1) is 9.23. The van der Waals surface area contributed by atoms with Gasteiger partial charge in [-0.2, -0.15) is 0 Å². The van der Waals surface area contributed by atoms with Gasteiger partial charge in [-0.05, 0) is 39.5 Å². The number of likely N-dealkylation sites (tertiary alicyclic amines) is 1. The summed E-state index contributed by atoms with van der Waals surface area (Å²) in [5, 5.41) is 1.25. The number of carbonyl (C=O) groups is 2. The second-order valence-corrected chi connectivity index (χ2v) is 6.66. The maximum absolute atomic E-state index is 12.2. The van der Waals surface area contributed by atoms with E-state index in [4.69, 9.17) is 9.57 Å². The van der Waals surface area contributed by atoms with Gasteiger partial charge < -0.3 is 9.64 Å². The highest BCUT2D eigenvalue weighted by Gasteiger charge is 2.51. The Balaban J connectivity index is 2.05. The molecular weight excluding hydrogens is 260 g/mol. The molecule has 1 saturated carbocycles. The number of amides is 2. The molecule has 2 rings (SSSR count). The SMILES string of the molecule is CON(C)C(=O)C1CC2CC1N(C(=O)OC(C)(C)C)C2. The molecule has 0 spiro atoms. The van der Waals surface area contributed by atoms with Gasteiger partial charge in [0.05, 0.1) is 13.0 Å². The van der Waals surface area contributed by atoms with E-state index in [1.54, 1.807) is 11.9 Å². The lowest BCUT2D eigenvalue weighted by Gasteiger charge is -2.34. The molecule has 20 heavy (non-hydrogen) atoms. The van der Waals surface area contributed by atoms with Gasteiger partial charge in [0, 0.05) is 19.6 Å². The van der Waals surface area contributed by atoms with Crippen molar-refractivity contribution < 1.29 is 19.2 Å². The summed E-state index contributed by atoms with van der Waals surface area (Å²) in [5.41, 5.74) is -0.512. The molecule has 1 aliphatic carbocycles. The first-order valence-electron chi connectivity index (χ1n) is 7.04. The number of ether oxygens (including phenoxy) is 1. The van der Waals surface area contributed by atoms with Crippen LogP contribution in [-0.2, 0) is 14.4 Å². The summed E-state index contributed by atoms with van der Waals surface area (Å²) in [4.78, 5) is 31.1. The lowest BCUT2D eigenvalue weighted by Crippen LogP contribution is -2.49. The maximum atomic E-state index is 12.2. The van der Waals surface area contributed by atoms with Crippen LogP contribution in [0.5, 0.6) is 0 Å². The Bertz CT molecular complexity index is 404. The number of fused-ring (bicyclic) bond motifs is 2. The lowest BCUT2D eigenvalue weighted by atomic mass is 9.97. The molecule has 0 aromatic heterocycles. The number of hydroxylamine groups is 2. The van der Waals surface area contributed by atoms with Gasteiger partial charge in [0.15, 0.2) is 0 Å². The molecular formula is C14H24N2O4. The molecule has 1 aliphatic heterocycles. The van der Waals surface area contributed by atoms with Gasteiger partial charge >= 0.3 is 6.09 Å². The van der Waals surface area contributed by atoms with Crippen LogP contribution < -0.4 is 0 Å². The minimum absolute atomic E-state index is 0.0556. The molecule has 2 bridgehead atoms. The number of hydrogen-bond acceptors (Lipinski definition) is 4. The summed E-state index contributed by atoms with van der Waals surface area (Å²) in [6.07, 6.45) is 1.39. The largest absolute Gasteiger partial charge is 0.444 e. The van der Waals surface area contributed by atoms with E-state index in [0.29, 0.717) is 12.5 Å². The fraction of sp³-hybridized carbons (Fsp3) is 0.857. The predicted octanol–water partition coefficient (Wildman–Crippen LogP) is 1.65. The van der Waals surface area contributed by atoms with Crippen LogP contribution in [0.4, 0.5) is 4.79 Å².